The van der Waals surface area contributed by atoms with Crippen molar-refractivity contribution >= 4 is 17.9 Å². The highest BCUT2D eigenvalue weighted by molar-refractivity contribution is 6.30. The lowest BCUT2D eigenvalue weighted by atomic mass is 9.83. The van der Waals surface area contributed by atoms with Gasteiger partial charge in [-0.25, -0.2) is 0 Å². The molecule has 1 aromatic carbocycles. The summed E-state index contributed by atoms with van der Waals surface area (Å²) >= 11 is 6.01. The summed E-state index contributed by atoms with van der Waals surface area (Å²) < 4.78 is 0. The Kier molecular flexibility index (Phi) is 4.00. The van der Waals surface area contributed by atoms with Gasteiger partial charge in [0.15, 0.2) is 0 Å². The molecule has 1 nitrogen and oxygen atoms in total. The van der Waals surface area contributed by atoms with Crippen LogP contribution >= 0.6 is 11.6 Å². The van der Waals surface area contributed by atoms with E-state index in [1.165, 1.54) is 31.2 Å². The van der Waals surface area contributed by atoms with Gasteiger partial charge < -0.3 is 4.79 Å². The number of carbonyl (C=O) groups excluding carboxylic acids is 1. The zero-order chi connectivity index (χ0) is 11.4. The predicted molar refractivity (Wildman–Crippen MR) is 66.8 cm³/mol. The maximum atomic E-state index is 10.8. The second-order valence-corrected chi connectivity index (χ2v) is 5.04. The van der Waals surface area contributed by atoms with Gasteiger partial charge in [0.05, 0.1) is 0 Å². The van der Waals surface area contributed by atoms with Crippen molar-refractivity contribution in [3.8, 4) is 0 Å². The molecule has 1 saturated carbocycles. The summed E-state index contributed by atoms with van der Waals surface area (Å²) in [5.74, 6) is 1.04. The Morgan fingerprint density at radius 1 is 1.38 bits per heavy atom. The first-order valence-corrected chi connectivity index (χ1v) is 6.38. The Labute approximate surface area is 102 Å². The smallest absolute Gasteiger partial charge is 0.120 e. The van der Waals surface area contributed by atoms with E-state index in [2.05, 4.69) is 6.07 Å². The van der Waals surface area contributed by atoms with E-state index in [-0.39, 0.29) is 0 Å². The number of carbonyl (C=O) groups is 1. The highest BCUT2D eigenvalue weighted by Gasteiger charge is 2.25. The first-order chi connectivity index (χ1) is 7.81. The van der Waals surface area contributed by atoms with E-state index in [9.17, 15) is 4.79 Å². The molecule has 1 aliphatic carbocycles. The number of hydrogen-bond acceptors (Lipinski definition) is 1. The molecule has 0 spiro atoms. The van der Waals surface area contributed by atoms with E-state index in [1.807, 2.05) is 18.2 Å². The average Bonchev–Trinajstić information content (AvgIpc) is 2.79. The van der Waals surface area contributed by atoms with Crippen LogP contribution < -0.4 is 0 Å². The van der Waals surface area contributed by atoms with Crippen LogP contribution in [0.5, 0.6) is 0 Å². The second-order valence-electron chi connectivity index (χ2n) is 4.61. The Hall–Kier alpha value is -0.820. The molecule has 1 fully saturated rings. The third kappa shape index (κ3) is 2.65. The molecule has 0 aliphatic heterocycles. The van der Waals surface area contributed by atoms with Gasteiger partial charge in [-0.2, -0.15) is 0 Å². The predicted octanol–water partition coefficient (Wildman–Crippen LogP) is 4.20. The Morgan fingerprint density at radius 3 is 2.75 bits per heavy atom. The number of hydrogen-bond donors (Lipinski definition) is 0. The van der Waals surface area contributed by atoms with Gasteiger partial charge in [-0.15, -0.1) is 0 Å². The van der Waals surface area contributed by atoms with Gasteiger partial charge in [-0.3, -0.25) is 0 Å². The van der Waals surface area contributed by atoms with Crippen molar-refractivity contribution < 1.29 is 4.79 Å². The third-order valence-corrected chi connectivity index (χ3v) is 3.83. The number of benzene rings is 1. The van der Waals surface area contributed by atoms with Crippen LogP contribution in [0, 0.1) is 5.92 Å². The van der Waals surface area contributed by atoms with E-state index in [1.54, 1.807) is 0 Å². The Balaban J connectivity index is 2.20. The summed E-state index contributed by atoms with van der Waals surface area (Å²) in [6.07, 6.45) is 6.80. The zero-order valence-electron chi connectivity index (χ0n) is 9.36. The van der Waals surface area contributed by atoms with Crippen LogP contribution in [0.2, 0.25) is 5.02 Å². The molecule has 1 aliphatic rings. The minimum atomic E-state index is 0.374. The maximum absolute atomic E-state index is 10.8. The van der Waals surface area contributed by atoms with Crippen molar-refractivity contribution in [2.45, 2.75) is 38.0 Å². The first-order valence-electron chi connectivity index (χ1n) is 6.00. The van der Waals surface area contributed by atoms with Crippen molar-refractivity contribution in [1.82, 2.24) is 0 Å². The monoisotopic (exact) mass is 236 g/mol. The molecule has 1 unspecified atom stereocenters. The summed E-state index contributed by atoms with van der Waals surface area (Å²) in [5, 5.41) is 0.770. The summed E-state index contributed by atoms with van der Waals surface area (Å²) in [4.78, 5) is 10.8. The van der Waals surface area contributed by atoms with Crippen molar-refractivity contribution in [1.29, 1.82) is 0 Å². The van der Waals surface area contributed by atoms with Crippen LogP contribution in [0.25, 0.3) is 0 Å². The Bertz CT molecular complexity index is 356. The molecule has 0 saturated heterocycles. The van der Waals surface area contributed by atoms with E-state index >= 15 is 0 Å². The van der Waals surface area contributed by atoms with E-state index < -0.39 is 0 Å². The molecule has 0 bridgehead atoms. The summed E-state index contributed by atoms with van der Waals surface area (Å²) in [6.45, 7) is 0. The lowest BCUT2D eigenvalue weighted by Crippen LogP contribution is -2.10. The van der Waals surface area contributed by atoms with Crippen LogP contribution in [-0.2, 0) is 4.79 Å². The SMILES string of the molecule is O=CCC(c1cccc(Cl)c1)C1CCCC1. The van der Waals surface area contributed by atoms with Crippen molar-refractivity contribution in [3.05, 3.63) is 34.9 Å². The summed E-state index contributed by atoms with van der Waals surface area (Å²) in [7, 11) is 0. The normalized spacial score (nSPS) is 18.6. The average molecular weight is 237 g/mol. The lowest BCUT2D eigenvalue weighted by molar-refractivity contribution is -0.108. The highest BCUT2D eigenvalue weighted by atomic mass is 35.5. The first kappa shape index (κ1) is 11.7. The number of halogens is 1. The molecule has 1 aromatic rings. The fraction of sp³-hybridized carbons (Fsp3) is 0.500. The van der Waals surface area contributed by atoms with E-state index in [0.717, 1.165) is 11.3 Å². The van der Waals surface area contributed by atoms with Crippen LogP contribution in [-0.4, -0.2) is 6.29 Å². The molecule has 0 radical (unpaired) electrons. The second kappa shape index (κ2) is 5.49. The van der Waals surface area contributed by atoms with Crippen LogP contribution in [0.4, 0.5) is 0 Å². The van der Waals surface area contributed by atoms with Gasteiger partial charge in [0.25, 0.3) is 0 Å². The van der Waals surface area contributed by atoms with Gasteiger partial charge in [0.2, 0.25) is 0 Å². The molecule has 0 amide bonds. The van der Waals surface area contributed by atoms with Gasteiger partial charge in [-0.05, 0) is 42.4 Å². The van der Waals surface area contributed by atoms with Gasteiger partial charge in [-0.1, -0.05) is 36.6 Å². The maximum Gasteiger partial charge on any atom is 0.120 e. The lowest BCUT2D eigenvalue weighted by Gasteiger charge is -2.21. The summed E-state index contributed by atoms with van der Waals surface area (Å²) in [5.41, 5.74) is 1.23. The largest absolute Gasteiger partial charge is 0.303 e. The molecule has 0 aromatic heterocycles. The van der Waals surface area contributed by atoms with E-state index in [4.69, 9.17) is 11.6 Å². The molecule has 86 valence electrons. The fourth-order valence-electron chi connectivity index (χ4n) is 2.80. The molecule has 1 atom stereocenters. The van der Waals surface area contributed by atoms with Gasteiger partial charge >= 0.3 is 0 Å². The van der Waals surface area contributed by atoms with Crippen molar-refractivity contribution in [2.24, 2.45) is 5.92 Å². The fourth-order valence-corrected chi connectivity index (χ4v) is 3.00. The van der Waals surface area contributed by atoms with Crippen LogP contribution in [0.3, 0.4) is 0 Å². The van der Waals surface area contributed by atoms with E-state index in [0.29, 0.717) is 18.3 Å². The van der Waals surface area contributed by atoms with Gasteiger partial charge in [0.1, 0.15) is 6.29 Å². The molecule has 0 heterocycles. The van der Waals surface area contributed by atoms with Crippen molar-refractivity contribution in [2.75, 3.05) is 0 Å². The molecule has 2 heteroatoms. The molecular weight excluding hydrogens is 220 g/mol. The zero-order valence-corrected chi connectivity index (χ0v) is 10.1. The third-order valence-electron chi connectivity index (χ3n) is 3.60. The highest BCUT2D eigenvalue weighted by Crippen LogP contribution is 2.39. The van der Waals surface area contributed by atoms with Crippen molar-refractivity contribution in [3.63, 3.8) is 0 Å². The minimum Gasteiger partial charge on any atom is -0.303 e. The molecular formula is C14H17ClO. The van der Waals surface area contributed by atoms with Gasteiger partial charge in [0, 0.05) is 11.4 Å². The number of aldehydes is 1. The molecule has 2 rings (SSSR count). The molecule has 16 heavy (non-hydrogen) atoms. The summed E-state index contributed by atoms with van der Waals surface area (Å²) in [6, 6.07) is 7.97. The number of rotatable bonds is 4. The van der Waals surface area contributed by atoms with Crippen LogP contribution in [0.15, 0.2) is 24.3 Å². The minimum absolute atomic E-state index is 0.374. The van der Waals surface area contributed by atoms with Crippen LogP contribution in [0.1, 0.15) is 43.6 Å². The molecule has 0 N–H and O–H groups in total. The topological polar surface area (TPSA) is 17.1 Å². The quantitative estimate of drug-likeness (QED) is 0.716. The standard InChI is InChI=1S/C14H17ClO/c15-13-7-3-6-12(10-13)14(8-9-16)11-4-1-2-5-11/h3,6-7,9-11,14H,1-2,4-5,8H2. The Morgan fingerprint density at radius 2 is 2.12 bits per heavy atom.